The summed E-state index contributed by atoms with van der Waals surface area (Å²) in [5, 5.41) is 6.73. The fraction of sp³-hybridized carbons (Fsp3) is 0.250. The Morgan fingerprint density at radius 2 is 2.30 bits per heavy atom. The van der Waals surface area contributed by atoms with E-state index in [2.05, 4.69) is 16.4 Å². The molecule has 0 unspecified atom stereocenters. The number of hydrogen-bond donors (Lipinski definition) is 1. The predicted octanol–water partition coefficient (Wildman–Crippen LogP) is -1.54. The van der Waals surface area contributed by atoms with Gasteiger partial charge in [0.1, 0.15) is 11.4 Å². The van der Waals surface area contributed by atoms with E-state index in [1.165, 1.54) is 0 Å². The first-order valence-corrected chi connectivity index (χ1v) is 2.31. The molecule has 0 bridgehead atoms. The molecule has 6 heteroatoms. The summed E-state index contributed by atoms with van der Waals surface area (Å²) in [5.41, 5.74) is -0.470. The molecule has 0 aliphatic heterocycles. The molecule has 0 saturated carbocycles. The molecular weight excluding hydrogens is 209 g/mol. The van der Waals surface area contributed by atoms with Crippen LogP contribution in [0.1, 0.15) is 5.82 Å². The summed E-state index contributed by atoms with van der Waals surface area (Å²) in [7, 11) is 0. The Morgan fingerprint density at radius 1 is 1.70 bits per heavy atom. The Kier molecular flexibility index (Phi) is 3.67. The summed E-state index contributed by atoms with van der Waals surface area (Å²) in [4.78, 5) is 10.5. The van der Waals surface area contributed by atoms with Gasteiger partial charge in [0, 0.05) is 32.7 Å². The van der Waals surface area contributed by atoms with Gasteiger partial charge in [0.05, 0.1) is 0 Å². The number of nitrogen functional groups attached to an aromatic ring is 1. The molecule has 0 fully saturated rings. The Morgan fingerprint density at radius 3 is 2.70 bits per heavy atom. The number of aromatic nitrogens is 3. The molecule has 0 aliphatic carbocycles. The van der Waals surface area contributed by atoms with Crippen LogP contribution in [0.4, 0.5) is 0 Å². The van der Waals surface area contributed by atoms with Gasteiger partial charge in [-0.25, -0.2) is 4.68 Å². The molecule has 1 aromatic heterocycles. The van der Waals surface area contributed by atoms with Crippen LogP contribution in [-0.4, -0.2) is 14.9 Å². The Labute approximate surface area is 82.5 Å². The Bertz CT molecular complexity index is 270. The number of nitrogens with zero attached hydrogens (tertiary/aromatic N) is 3. The topological polar surface area (TPSA) is 73.8 Å². The second kappa shape index (κ2) is 3.78. The molecule has 10 heavy (non-hydrogen) atoms. The smallest absolute Gasteiger partial charge is 0.144 e. The molecule has 0 aromatic carbocycles. The second-order valence-corrected chi connectivity index (χ2v) is 1.53. The van der Waals surface area contributed by atoms with Crippen LogP contribution < -0.4 is 11.4 Å². The van der Waals surface area contributed by atoms with Crippen molar-refractivity contribution >= 4 is 0 Å². The van der Waals surface area contributed by atoms with Crippen LogP contribution in [0.25, 0.3) is 0 Å². The van der Waals surface area contributed by atoms with Gasteiger partial charge in [0.15, 0.2) is 0 Å². The molecule has 2 N–H and O–H groups in total. The van der Waals surface area contributed by atoms with Crippen molar-refractivity contribution in [3.63, 3.8) is 0 Å². The maximum absolute atomic E-state index is 10.5. The molecule has 0 atom stereocenters. The number of aryl methyl sites for hydroxylation is 1. The van der Waals surface area contributed by atoms with Gasteiger partial charge in [-0.1, -0.05) is 0 Å². The van der Waals surface area contributed by atoms with Crippen molar-refractivity contribution in [2.45, 2.75) is 6.92 Å². The molecule has 0 saturated heterocycles. The average Bonchev–Trinajstić information content (AvgIpc) is 1.83. The first kappa shape index (κ1) is 9.71. The zero-order valence-corrected chi connectivity index (χ0v) is 8.24. The molecule has 51 valence electrons. The van der Waals surface area contributed by atoms with E-state index in [0.29, 0.717) is 5.82 Å². The standard InChI is InChI=1S/C4H5N4O.Y/c1-3-7-6-2-4(9)8(3)5;/h5H2,1H3;/q-1;. The molecule has 1 rings (SSSR count). The molecule has 1 aromatic rings. The van der Waals surface area contributed by atoms with E-state index in [1.807, 2.05) is 0 Å². The minimum atomic E-state index is -0.470. The molecular formula is C4H5N4OY-. The van der Waals surface area contributed by atoms with Crippen LogP contribution in [-0.2, 0) is 32.7 Å². The van der Waals surface area contributed by atoms with Gasteiger partial charge < -0.3 is 15.7 Å². The maximum atomic E-state index is 10.5. The first-order chi connectivity index (χ1) is 4.22. The van der Waals surface area contributed by atoms with Crippen LogP contribution in [0, 0.1) is 13.1 Å². The van der Waals surface area contributed by atoms with Crippen molar-refractivity contribution in [1.29, 1.82) is 0 Å². The van der Waals surface area contributed by atoms with E-state index in [0.717, 1.165) is 4.68 Å². The van der Waals surface area contributed by atoms with E-state index in [4.69, 9.17) is 5.84 Å². The SMILES string of the molecule is Cc1nn[c-]c(=O)n1N.[Y]. The molecule has 0 amide bonds. The molecule has 1 radical (unpaired) electrons. The minimum Gasteiger partial charge on any atom is -0.365 e. The fourth-order valence-electron chi connectivity index (χ4n) is 0.389. The summed E-state index contributed by atoms with van der Waals surface area (Å²) in [5.74, 6) is 5.53. The zero-order valence-electron chi connectivity index (χ0n) is 5.40. The monoisotopic (exact) mass is 214 g/mol. The molecule has 0 aliphatic rings. The Hall–Kier alpha value is -0.286. The van der Waals surface area contributed by atoms with Gasteiger partial charge in [-0.15, -0.1) is 0 Å². The van der Waals surface area contributed by atoms with Crippen LogP contribution in [0.3, 0.4) is 0 Å². The quantitative estimate of drug-likeness (QED) is 0.419. The largest absolute Gasteiger partial charge is 0.365 e. The van der Waals surface area contributed by atoms with Crippen LogP contribution in [0.5, 0.6) is 0 Å². The van der Waals surface area contributed by atoms with Gasteiger partial charge in [-0.3, -0.25) is 6.20 Å². The Balaban J connectivity index is 0.000000810. The van der Waals surface area contributed by atoms with Crippen molar-refractivity contribution in [2.75, 3.05) is 5.84 Å². The fourth-order valence-corrected chi connectivity index (χ4v) is 0.389. The summed E-state index contributed by atoms with van der Waals surface area (Å²) in [6.45, 7) is 1.59. The van der Waals surface area contributed by atoms with E-state index < -0.39 is 5.56 Å². The van der Waals surface area contributed by atoms with Crippen LogP contribution >= 0.6 is 0 Å². The van der Waals surface area contributed by atoms with Gasteiger partial charge in [-0.2, -0.15) is 5.10 Å². The normalized spacial score (nSPS) is 8.50. The third kappa shape index (κ3) is 1.85. The van der Waals surface area contributed by atoms with E-state index in [1.54, 1.807) is 6.92 Å². The van der Waals surface area contributed by atoms with Crippen molar-refractivity contribution in [2.24, 2.45) is 0 Å². The first-order valence-electron chi connectivity index (χ1n) is 2.31. The summed E-state index contributed by atoms with van der Waals surface area (Å²) < 4.78 is 0.882. The summed E-state index contributed by atoms with van der Waals surface area (Å²) in [6, 6.07) is 0. The molecule has 1 heterocycles. The van der Waals surface area contributed by atoms with Gasteiger partial charge in [0.25, 0.3) is 0 Å². The third-order valence-electron chi connectivity index (χ3n) is 0.908. The number of rotatable bonds is 0. The van der Waals surface area contributed by atoms with Crippen molar-refractivity contribution < 1.29 is 32.7 Å². The molecule has 5 nitrogen and oxygen atoms in total. The molecule has 0 spiro atoms. The van der Waals surface area contributed by atoms with E-state index >= 15 is 0 Å². The van der Waals surface area contributed by atoms with Crippen molar-refractivity contribution in [3.8, 4) is 0 Å². The van der Waals surface area contributed by atoms with Gasteiger partial charge >= 0.3 is 0 Å². The second-order valence-electron chi connectivity index (χ2n) is 1.53. The van der Waals surface area contributed by atoms with Crippen LogP contribution in [0.2, 0.25) is 0 Å². The predicted molar refractivity (Wildman–Crippen MR) is 30.0 cm³/mol. The van der Waals surface area contributed by atoms with Gasteiger partial charge in [-0.05, 0) is 6.92 Å². The van der Waals surface area contributed by atoms with E-state index in [-0.39, 0.29) is 32.7 Å². The third-order valence-corrected chi connectivity index (χ3v) is 0.908. The van der Waals surface area contributed by atoms with Crippen molar-refractivity contribution in [3.05, 3.63) is 22.4 Å². The zero-order chi connectivity index (χ0) is 6.85. The van der Waals surface area contributed by atoms with Crippen molar-refractivity contribution in [1.82, 2.24) is 14.9 Å². The van der Waals surface area contributed by atoms with E-state index in [9.17, 15) is 4.79 Å². The summed E-state index contributed by atoms with van der Waals surface area (Å²) >= 11 is 0. The summed E-state index contributed by atoms with van der Waals surface area (Å²) in [6.07, 6.45) is 2.06. The minimum absolute atomic E-state index is 0. The maximum Gasteiger partial charge on any atom is 0.144 e. The van der Waals surface area contributed by atoms with Gasteiger partial charge in [0.2, 0.25) is 0 Å². The average molecular weight is 214 g/mol. The van der Waals surface area contributed by atoms with Crippen LogP contribution in [0.15, 0.2) is 4.79 Å². The number of nitrogens with two attached hydrogens (primary N) is 1. The number of hydrogen-bond acceptors (Lipinski definition) is 4.